The Morgan fingerprint density at radius 2 is 1.54 bits per heavy atom. The van der Waals surface area contributed by atoms with Crippen LogP contribution in [0.2, 0.25) is 0 Å². The number of carbonyl (C=O) groups excluding carboxylic acids is 3. The second-order valence-electron chi connectivity index (χ2n) is 14.2. The van der Waals surface area contributed by atoms with Gasteiger partial charge in [-0.05, 0) is 106 Å². The van der Waals surface area contributed by atoms with Gasteiger partial charge in [0.25, 0.3) is 5.91 Å². The molecule has 2 aromatic carbocycles. The number of aryl methyl sites for hydroxylation is 1. The number of benzene rings is 2. The van der Waals surface area contributed by atoms with E-state index in [-0.39, 0.29) is 30.1 Å². The SMILES string of the molecule is Cc1cc(CC(OC(=O)N2CCC(N3Cc4ccccc4NC3=O)CC2)C(=O)N2CCC(C3CCN(C)CC3)CC2)cc2[nH]c(=O)[nH]c12. The average molecular weight is 658 g/mol. The number of likely N-dealkylation sites (tertiary alicyclic amines) is 3. The van der Waals surface area contributed by atoms with Crippen molar-refractivity contribution in [2.45, 2.75) is 70.6 Å². The van der Waals surface area contributed by atoms with E-state index in [1.54, 1.807) is 4.90 Å². The lowest BCUT2D eigenvalue weighted by Crippen LogP contribution is -2.52. The highest BCUT2D eigenvalue weighted by molar-refractivity contribution is 5.92. The number of urea groups is 1. The number of ether oxygens (including phenoxy) is 1. The predicted molar refractivity (Wildman–Crippen MR) is 183 cm³/mol. The molecule has 0 bridgehead atoms. The van der Waals surface area contributed by atoms with Crippen LogP contribution in [-0.2, 0) is 22.5 Å². The summed E-state index contributed by atoms with van der Waals surface area (Å²) in [7, 11) is 2.18. The molecule has 0 aliphatic carbocycles. The molecule has 1 aromatic heterocycles. The molecule has 0 saturated carbocycles. The molecule has 5 heterocycles. The van der Waals surface area contributed by atoms with Gasteiger partial charge < -0.3 is 39.6 Å². The highest BCUT2D eigenvalue weighted by atomic mass is 16.6. The molecule has 48 heavy (non-hydrogen) atoms. The van der Waals surface area contributed by atoms with Crippen molar-refractivity contribution >= 4 is 34.8 Å². The third-order valence-corrected chi connectivity index (χ3v) is 11.1. The molecular formula is C36H47N7O5. The van der Waals surface area contributed by atoms with Crippen molar-refractivity contribution in [2.75, 3.05) is 51.6 Å². The van der Waals surface area contributed by atoms with E-state index in [0.717, 1.165) is 53.8 Å². The van der Waals surface area contributed by atoms with Crippen molar-refractivity contribution in [3.05, 3.63) is 63.6 Å². The third kappa shape index (κ3) is 6.80. The molecule has 4 aliphatic rings. The molecule has 3 N–H and O–H groups in total. The fourth-order valence-electron chi connectivity index (χ4n) is 8.27. The zero-order valence-corrected chi connectivity index (χ0v) is 28.0. The van der Waals surface area contributed by atoms with E-state index in [1.165, 1.54) is 12.8 Å². The number of hydrogen-bond acceptors (Lipinski definition) is 6. The number of para-hydroxylation sites is 1. The quantitative estimate of drug-likeness (QED) is 0.362. The van der Waals surface area contributed by atoms with Crippen LogP contribution in [0, 0.1) is 18.8 Å². The maximum Gasteiger partial charge on any atom is 0.410 e. The largest absolute Gasteiger partial charge is 0.436 e. The molecule has 256 valence electrons. The van der Waals surface area contributed by atoms with Gasteiger partial charge in [-0.2, -0.15) is 0 Å². The summed E-state index contributed by atoms with van der Waals surface area (Å²) in [6.45, 7) is 6.93. The maximum atomic E-state index is 14.1. The van der Waals surface area contributed by atoms with Gasteiger partial charge in [0, 0.05) is 50.9 Å². The van der Waals surface area contributed by atoms with Gasteiger partial charge in [-0.25, -0.2) is 14.4 Å². The average Bonchev–Trinajstić information content (AvgIpc) is 3.48. The van der Waals surface area contributed by atoms with Crippen LogP contribution in [0.3, 0.4) is 0 Å². The Hall–Kier alpha value is -4.32. The molecule has 12 nitrogen and oxygen atoms in total. The highest BCUT2D eigenvalue weighted by Crippen LogP contribution is 2.33. The normalized spacial score (nSPS) is 20.9. The summed E-state index contributed by atoms with van der Waals surface area (Å²) >= 11 is 0. The first kappa shape index (κ1) is 32.2. The number of imidazole rings is 1. The van der Waals surface area contributed by atoms with Crippen LogP contribution in [0.15, 0.2) is 41.2 Å². The summed E-state index contributed by atoms with van der Waals surface area (Å²) in [6, 6.07) is 11.5. The molecule has 1 unspecified atom stereocenters. The number of hydrogen-bond donors (Lipinski definition) is 3. The number of nitrogens with one attached hydrogen (secondary N) is 3. The number of H-pyrrole nitrogens is 2. The molecule has 7 rings (SSSR count). The van der Waals surface area contributed by atoms with Crippen LogP contribution >= 0.6 is 0 Å². The van der Waals surface area contributed by atoms with Crippen molar-refractivity contribution in [1.29, 1.82) is 0 Å². The monoisotopic (exact) mass is 657 g/mol. The topological polar surface area (TPSA) is 134 Å². The van der Waals surface area contributed by atoms with E-state index in [2.05, 4.69) is 27.2 Å². The maximum absolute atomic E-state index is 14.1. The van der Waals surface area contributed by atoms with Crippen molar-refractivity contribution < 1.29 is 19.1 Å². The number of piperidine rings is 3. The van der Waals surface area contributed by atoms with E-state index < -0.39 is 12.2 Å². The molecule has 4 aliphatic heterocycles. The van der Waals surface area contributed by atoms with Gasteiger partial charge >= 0.3 is 17.8 Å². The molecule has 3 fully saturated rings. The molecule has 3 saturated heterocycles. The van der Waals surface area contributed by atoms with Gasteiger partial charge in [0.05, 0.1) is 11.0 Å². The Bertz CT molecular complexity index is 1710. The molecule has 12 heteroatoms. The first-order valence-electron chi connectivity index (χ1n) is 17.5. The highest BCUT2D eigenvalue weighted by Gasteiger charge is 2.37. The summed E-state index contributed by atoms with van der Waals surface area (Å²) in [5.74, 6) is 1.17. The number of aromatic nitrogens is 2. The van der Waals surface area contributed by atoms with Crippen molar-refractivity contribution in [3.8, 4) is 0 Å². The van der Waals surface area contributed by atoms with Gasteiger partial charge in [-0.3, -0.25) is 4.79 Å². The van der Waals surface area contributed by atoms with Crippen LogP contribution < -0.4 is 11.0 Å². The van der Waals surface area contributed by atoms with Crippen LogP contribution in [0.25, 0.3) is 11.0 Å². The second-order valence-corrected chi connectivity index (χ2v) is 14.2. The van der Waals surface area contributed by atoms with Crippen molar-refractivity contribution in [1.82, 2.24) is 29.6 Å². The minimum atomic E-state index is -0.984. The number of amides is 4. The number of anilines is 1. The molecule has 4 amide bonds. The molecule has 0 spiro atoms. The third-order valence-electron chi connectivity index (χ3n) is 11.1. The Kier molecular flexibility index (Phi) is 9.17. The molecule has 1 atom stereocenters. The number of fused-ring (bicyclic) bond motifs is 2. The van der Waals surface area contributed by atoms with Gasteiger partial charge in [0.2, 0.25) is 0 Å². The lowest BCUT2D eigenvalue weighted by Gasteiger charge is -2.41. The lowest BCUT2D eigenvalue weighted by molar-refractivity contribution is -0.142. The van der Waals surface area contributed by atoms with E-state index >= 15 is 0 Å². The molecule has 3 aromatic rings. The number of aromatic amines is 2. The Morgan fingerprint density at radius 3 is 2.27 bits per heavy atom. The smallest absolute Gasteiger partial charge is 0.410 e. The molecular weight excluding hydrogens is 610 g/mol. The first-order chi connectivity index (χ1) is 23.2. The number of rotatable bonds is 6. The summed E-state index contributed by atoms with van der Waals surface area (Å²) in [4.78, 5) is 66.1. The Morgan fingerprint density at radius 1 is 0.875 bits per heavy atom. The van der Waals surface area contributed by atoms with Crippen molar-refractivity contribution in [2.24, 2.45) is 11.8 Å². The van der Waals surface area contributed by atoms with Crippen LogP contribution in [0.4, 0.5) is 15.3 Å². The lowest BCUT2D eigenvalue weighted by atomic mass is 9.79. The Labute approximate surface area is 280 Å². The van der Waals surface area contributed by atoms with E-state index in [0.29, 0.717) is 62.9 Å². The van der Waals surface area contributed by atoms with Crippen LogP contribution in [0.1, 0.15) is 55.2 Å². The second kappa shape index (κ2) is 13.7. The first-order valence-corrected chi connectivity index (χ1v) is 17.5. The Balaban J connectivity index is 1.02. The number of nitrogens with zero attached hydrogens (tertiary/aromatic N) is 4. The fraction of sp³-hybridized carbons (Fsp3) is 0.556. The summed E-state index contributed by atoms with van der Waals surface area (Å²) in [6.07, 6.45) is 4.35. The number of carbonyl (C=O) groups is 3. The van der Waals surface area contributed by atoms with Crippen LogP contribution in [-0.4, -0.2) is 106 Å². The van der Waals surface area contributed by atoms with Gasteiger partial charge in [-0.15, -0.1) is 0 Å². The minimum Gasteiger partial charge on any atom is -0.436 e. The van der Waals surface area contributed by atoms with E-state index in [9.17, 15) is 19.2 Å². The van der Waals surface area contributed by atoms with E-state index in [1.807, 2.05) is 53.1 Å². The van der Waals surface area contributed by atoms with Crippen molar-refractivity contribution in [3.63, 3.8) is 0 Å². The van der Waals surface area contributed by atoms with Crippen LogP contribution in [0.5, 0.6) is 0 Å². The fourth-order valence-corrected chi connectivity index (χ4v) is 8.27. The summed E-state index contributed by atoms with van der Waals surface area (Å²) in [5.41, 5.74) is 4.73. The zero-order chi connectivity index (χ0) is 33.4. The minimum absolute atomic E-state index is 0.00361. The predicted octanol–water partition coefficient (Wildman–Crippen LogP) is 4.30. The van der Waals surface area contributed by atoms with Gasteiger partial charge in [-0.1, -0.05) is 24.3 Å². The summed E-state index contributed by atoms with van der Waals surface area (Å²) in [5, 5.41) is 2.99. The van der Waals surface area contributed by atoms with Gasteiger partial charge in [0.1, 0.15) is 0 Å². The zero-order valence-electron chi connectivity index (χ0n) is 28.0. The van der Waals surface area contributed by atoms with E-state index in [4.69, 9.17) is 4.74 Å². The standard InChI is InChI=1S/C36H47N7O5/c1-23-19-24(20-30-32(23)39-34(45)37-30)21-31(33(44)41-15-9-26(10-16-41)25-7-13-40(2)14-8-25)48-36(47)42-17-11-28(12-18-42)43-22-27-5-3-4-6-29(27)38-35(43)46/h3-6,19-20,25-26,28,31H,7-18,21-22H2,1-2H3,(H,38,46)(H2,37,39,45). The summed E-state index contributed by atoms with van der Waals surface area (Å²) < 4.78 is 6.09. The van der Waals surface area contributed by atoms with Gasteiger partial charge in [0.15, 0.2) is 6.10 Å². The molecule has 0 radical (unpaired) electrons.